The van der Waals surface area contributed by atoms with Gasteiger partial charge in [0, 0.05) is 43.6 Å². The number of carbonyl (C=O) groups excluding carboxylic acids is 1. The fraction of sp³-hybridized carbons (Fsp3) is 0.480. The second-order valence-electron chi connectivity index (χ2n) is 8.99. The Morgan fingerprint density at radius 2 is 1.93 bits per heavy atom. The zero-order valence-corrected chi connectivity index (χ0v) is 18.5. The lowest BCUT2D eigenvalue weighted by Gasteiger charge is -2.49. The molecule has 5 heteroatoms. The molecule has 1 amide bonds. The number of aryl methyl sites for hydroxylation is 1. The highest BCUT2D eigenvalue weighted by Crippen LogP contribution is 2.39. The lowest BCUT2D eigenvalue weighted by molar-refractivity contribution is -0.126. The van der Waals surface area contributed by atoms with Crippen LogP contribution in [-0.2, 0) is 11.2 Å². The number of hydrogen-bond acceptors (Lipinski definition) is 4. The van der Waals surface area contributed by atoms with E-state index in [1.165, 1.54) is 22.5 Å². The van der Waals surface area contributed by atoms with Crippen molar-refractivity contribution in [1.29, 1.82) is 0 Å². The summed E-state index contributed by atoms with van der Waals surface area (Å²) in [4.78, 5) is 18.1. The van der Waals surface area contributed by atoms with Gasteiger partial charge >= 0.3 is 0 Å². The summed E-state index contributed by atoms with van der Waals surface area (Å²) in [6.45, 7) is 9.79. The summed E-state index contributed by atoms with van der Waals surface area (Å²) in [5, 5.41) is 3.19. The summed E-state index contributed by atoms with van der Waals surface area (Å²) < 4.78 is 5.48. The maximum Gasteiger partial charge on any atom is 0.225 e. The quantitative estimate of drug-likeness (QED) is 0.822. The zero-order valence-electron chi connectivity index (χ0n) is 18.5. The number of hydrogen-bond donors (Lipinski definition) is 1. The number of amides is 1. The van der Waals surface area contributed by atoms with E-state index >= 15 is 0 Å². The van der Waals surface area contributed by atoms with Gasteiger partial charge in [-0.15, -0.1) is 0 Å². The van der Waals surface area contributed by atoms with Crippen molar-refractivity contribution in [1.82, 2.24) is 5.32 Å². The number of methoxy groups -OCH3 is 1. The first-order valence-electron chi connectivity index (χ1n) is 11.0. The number of ether oxygens (including phenoxy) is 1. The molecule has 160 valence electrons. The Bertz CT molecular complexity index is 894. The fourth-order valence-electron chi connectivity index (χ4n) is 4.63. The normalized spacial score (nSPS) is 20.6. The highest BCUT2D eigenvalue weighted by molar-refractivity contribution is 5.82. The van der Waals surface area contributed by atoms with Gasteiger partial charge < -0.3 is 19.9 Å². The second kappa shape index (κ2) is 8.58. The Hall–Kier alpha value is -2.69. The molecule has 0 saturated carbocycles. The van der Waals surface area contributed by atoms with Crippen molar-refractivity contribution in [2.24, 2.45) is 11.8 Å². The van der Waals surface area contributed by atoms with Crippen LogP contribution >= 0.6 is 0 Å². The third-order valence-corrected chi connectivity index (χ3v) is 6.35. The topological polar surface area (TPSA) is 44.8 Å². The summed E-state index contributed by atoms with van der Waals surface area (Å²) >= 11 is 0. The Morgan fingerprint density at radius 1 is 1.17 bits per heavy atom. The van der Waals surface area contributed by atoms with Crippen LogP contribution in [0.25, 0.3) is 0 Å². The van der Waals surface area contributed by atoms with Gasteiger partial charge in [-0.05, 0) is 43.0 Å². The van der Waals surface area contributed by atoms with Gasteiger partial charge in [-0.2, -0.15) is 0 Å². The number of piperazine rings is 1. The van der Waals surface area contributed by atoms with Gasteiger partial charge in [-0.3, -0.25) is 4.79 Å². The van der Waals surface area contributed by atoms with Crippen molar-refractivity contribution < 1.29 is 9.53 Å². The zero-order chi connectivity index (χ0) is 21.3. The molecule has 1 saturated heterocycles. The number of nitrogens with zero attached hydrogens (tertiary/aromatic N) is 2. The number of nitrogens with one attached hydrogen (secondary N) is 1. The molecule has 0 aliphatic carbocycles. The molecule has 1 N–H and O–H groups in total. The Kier molecular flexibility index (Phi) is 5.89. The van der Waals surface area contributed by atoms with Crippen molar-refractivity contribution in [2.45, 2.75) is 33.2 Å². The third kappa shape index (κ3) is 4.11. The number of rotatable bonds is 5. The Labute approximate surface area is 180 Å². The Morgan fingerprint density at radius 3 is 2.63 bits per heavy atom. The van der Waals surface area contributed by atoms with E-state index in [0.29, 0.717) is 5.92 Å². The molecule has 2 heterocycles. The molecule has 4 rings (SSSR count). The van der Waals surface area contributed by atoms with Crippen molar-refractivity contribution >= 4 is 17.3 Å². The van der Waals surface area contributed by atoms with Crippen LogP contribution in [0.1, 0.15) is 25.0 Å². The van der Waals surface area contributed by atoms with Crippen LogP contribution in [0.2, 0.25) is 0 Å². The molecular weight excluding hydrogens is 374 g/mol. The number of benzene rings is 2. The van der Waals surface area contributed by atoms with Crippen LogP contribution in [0.4, 0.5) is 11.4 Å². The molecule has 0 radical (unpaired) electrons. The monoisotopic (exact) mass is 407 g/mol. The molecule has 0 spiro atoms. The molecule has 2 atom stereocenters. The highest BCUT2D eigenvalue weighted by Gasteiger charge is 2.41. The van der Waals surface area contributed by atoms with Gasteiger partial charge in [0.05, 0.1) is 19.1 Å². The van der Waals surface area contributed by atoms with E-state index in [0.717, 1.165) is 38.3 Å². The van der Waals surface area contributed by atoms with Crippen LogP contribution < -0.4 is 19.9 Å². The molecule has 2 aliphatic heterocycles. The average molecular weight is 408 g/mol. The van der Waals surface area contributed by atoms with Gasteiger partial charge in [-0.25, -0.2) is 0 Å². The van der Waals surface area contributed by atoms with Gasteiger partial charge in [-0.1, -0.05) is 37.6 Å². The summed E-state index contributed by atoms with van der Waals surface area (Å²) in [7, 11) is 1.71. The summed E-state index contributed by atoms with van der Waals surface area (Å²) in [6.07, 6.45) is 0.770. The maximum atomic E-state index is 13.2. The average Bonchev–Trinajstić information content (AvgIpc) is 2.76. The first-order chi connectivity index (χ1) is 14.5. The van der Waals surface area contributed by atoms with Crippen LogP contribution in [0.3, 0.4) is 0 Å². The van der Waals surface area contributed by atoms with Gasteiger partial charge in [0.2, 0.25) is 5.91 Å². The van der Waals surface area contributed by atoms with Crippen molar-refractivity contribution in [3.8, 4) is 5.75 Å². The third-order valence-electron chi connectivity index (χ3n) is 6.35. The van der Waals surface area contributed by atoms with E-state index in [2.05, 4.69) is 72.3 Å². The number of carbonyl (C=O) groups is 1. The summed E-state index contributed by atoms with van der Waals surface area (Å²) in [6, 6.07) is 15.1. The lowest BCUT2D eigenvalue weighted by atomic mass is 9.83. The minimum Gasteiger partial charge on any atom is -0.497 e. The van der Waals surface area contributed by atoms with Gasteiger partial charge in [0.25, 0.3) is 0 Å². The Balaban J connectivity index is 1.64. The van der Waals surface area contributed by atoms with Crippen LogP contribution in [0, 0.1) is 18.8 Å². The second-order valence-corrected chi connectivity index (χ2v) is 8.99. The molecule has 5 nitrogen and oxygen atoms in total. The molecule has 1 fully saturated rings. The van der Waals surface area contributed by atoms with Crippen LogP contribution in [0.5, 0.6) is 5.75 Å². The first-order valence-corrected chi connectivity index (χ1v) is 11.0. The smallest absolute Gasteiger partial charge is 0.225 e. The molecular formula is C25H33N3O2. The van der Waals surface area contributed by atoms with E-state index in [1.54, 1.807) is 7.11 Å². The molecule has 0 bridgehead atoms. The fourth-order valence-corrected chi connectivity index (χ4v) is 4.63. The van der Waals surface area contributed by atoms with Crippen LogP contribution in [-0.4, -0.2) is 45.2 Å². The highest BCUT2D eigenvalue weighted by atomic mass is 16.5. The molecule has 2 aromatic carbocycles. The first kappa shape index (κ1) is 20.6. The predicted octanol–water partition coefficient (Wildman–Crippen LogP) is 3.64. The molecule has 2 aromatic rings. The largest absolute Gasteiger partial charge is 0.497 e. The van der Waals surface area contributed by atoms with E-state index in [1.807, 2.05) is 6.07 Å². The van der Waals surface area contributed by atoms with Crippen molar-refractivity contribution in [2.75, 3.05) is 43.1 Å². The van der Waals surface area contributed by atoms with Crippen LogP contribution in [0.15, 0.2) is 42.5 Å². The summed E-state index contributed by atoms with van der Waals surface area (Å²) in [5.41, 5.74) is 4.95. The number of anilines is 2. The summed E-state index contributed by atoms with van der Waals surface area (Å²) in [5.74, 6) is 1.43. The lowest BCUT2D eigenvalue weighted by Crippen LogP contribution is -2.61. The van der Waals surface area contributed by atoms with Gasteiger partial charge in [0.15, 0.2) is 0 Å². The molecule has 2 aliphatic rings. The molecule has 0 unspecified atom stereocenters. The van der Waals surface area contributed by atoms with E-state index in [9.17, 15) is 4.79 Å². The minimum absolute atomic E-state index is 0.0575. The standard InChI is InChI=1S/C25H33N3O2/c1-17(2)15-26-25(29)22-13-19-7-10-21(30-4)14-23(19)28-12-11-27(16-24(22)28)20-8-5-18(3)6-9-20/h5-10,14,17,22,24H,11-13,15-16H2,1-4H3,(H,26,29)/t22-,24-/m0/s1. The van der Waals surface area contributed by atoms with Gasteiger partial charge in [0.1, 0.15) is 5.75 Å². The van der Waals surface area contributed by atoms with E-state index in [-0.39, 0.29) is 17.9 Å². The van der Waals surface area contributed by atoms with Crippen molar-refractivity contribution in [3.05, 3.63) is 53.6 Å². The predicted molar refractivity (Wildman–Crippen MR) is 123 cm³/mol. The minimum atomic E-state index is -0.0575. The van der Waals surface area contributed by atoms with E-state index < -0.39 is 0 Å². The molecule has 30 heavy (non-hydrogen) atoms. The van der Waals surface area contributed by atoms with Crippen molar-refractivity contribution in [3.63, 3.8) is 0 Å². The molecule has 0 aromatic heterocycles. The maximum absolute atomic E-state index is 13.2. The van der Waals surface area contributed by atoms with E-state index in [4.69, 9.17) is 4.74 Å². The number of fused-ring (bicyclic) bond motifs is 3. The SMILES string of the molecule is COc1ccc2c(c1)N1CCN(c3ccc(C)cc3)C[C@H]1[C@@H](C(=O)NCC(C)C)C2.